The van der Waals surface area contributed by atoms with E-state index in [1.807, 2.05) is 40.7 Å². The minimum absolute atomic E-state index is 0.280. The van der Waals surface area contributed by atoms with Crippen LogP contribution in [-0.4, -0.2) is 18.3 Å². The molecule has 0 aliphatic carbocycles. The highest BCUT2D eigenvalue weighted by molar-refractivity contribution is 6.62. The van der Waals surface area contributed by atoms with Crippen LogP contribution in [0.25, 0.3) is 11.0 Å². The molecule has 0 bridgehead atoms. The molecule has 0 spiro atoms. The van der Waals surface area contributed by atoms with E-state index < -0.39 is 18.3 Å². The molecule has 20 heavy (non-hydrogen) atoms. The van der Waals surface area contributed by atoms with Crippen LogP contribution in [0.15, 0.2) is 22.8 Å². The molecule has 1 fully saturated rings. The standard InChI is InChI=1S/C15H18BFO3/c1-9-8-18-13-11(9)6-10(7-12(13)17)16-19-14(2,3)15(4,5)20-16/h6-8H,1-5H3. The van der Waals surface area contributed by atoms with Crippen LogP contribution in [-0.2, 0) is 9.31 Å². The molecule has 2 heterocycles. The van der Waals surface area contributed by atoms with E-state index >= 15 is 0 Å². The SMILES string of the molecule is Cc1coc2c(F)cc(B3OC(C)(C)C(C)(C)O3)cc12. The van der Waals surface area contributed by atoms with Crippen molar-refractivity contribution in [3.8, 4) is 0 Å². The van der Waals surface area contributed by atoms with E-state index in [0.29, 0.717) is 5.46 Å². The third-order valence-corrected chi connectivity index (χ3v) is 4.37. The minimum Gasteiger partial charge on any atom is -0.461 e. The molecule has 3 nitrogen and oxygen atoms in total. The molecule has 3 rings (SSSR count). The summed E-state index contributed by atoms with van der Waals surface area (Å²) in [6.45, 7) is 9.80. The van der Waals surface area contributed by atoms with Crippen molar-refractivity contribution in [3.05, 3.63) is 29.8 Å². The van der Waals surface area contributed by atoms with Gasteiger partial charge in [-0.15, -0.1) is 0 Å². The summed E-state index contributed by atoms with van der Waals surface area (Å²) in [5.41, 5.74) is 0.987. The molecule has 5 heteroatoms. The smallest absolute Gasteiger partial charge is 0.461 e. The maximum Gasteiger partial charge on any atom is 0.494 e. The molecular weight excluding hydrogens is 258 g/mol. The molecule has 1 aromatic carbocycles. The maximum atomic E-state index is 14.1. The normalized spacial score (nSPS) is 20.8. The first-order valence-electron chi connectivity index (χ1n) is 6.74. The van der Waals surface area contributed by atoms with Crippen molar-refractivity contribution in [3.63, 3.8) is 0 Å². The quantitative estimate of drug-likeness (QED) is 0.750. The van der Waals surface area contributed by atoms with E-state index in [1.165, 1.54) is 6.07 Å². The summed E-state index contributed by atoms with van der Waals surface area (Å²) in [4.78, 5) is 0. The molecule has 0 saturated carbocycles. The Morgan fingerprint density at radius 2 is 1.65 bits per heavy atom. The van der Waals surface area contributed by atoms with Gasteiger partial charge in [0.05, 0.1) is 17.5 Å². The van der Waals surface area contributed by atoms with Crippen molar-refractivity contribution in [1.82, 2.24) is 0 Å². The highest BCUT2D eigenvalue weighted by Crippen LogP contribution is 2.36. The lowest BCUT2D eigenvalue weighted by atomic mass is 9.78. The minimum atomic E-state index is -0.562. The lowest BCUT2D eigenvalue weighted by molar-refractivity contribution is 0.00578. The van der Waals surface area contributed by atoms with Gasteiger partial charge in [-0.3, -0.25) is 0 Å². The van der Waals surface area contributed by atoms with Gasteiger partial charge in [-0.05, 0) is 51.7 Å². The summed E-state index contributed by atoms with van der Waals surface area (Å²) in [5, 5.41) is 0.759. The molecule has 0 radical (unpaired) electrons. The Hall–Kier alpha value is -1.33. The summed E-state index contributed by atoms with van der Waals surface area (Å²) in [6, 6.07) is 3.30. The summed E-state index contributed by atoms with van der Waals surface area (Å²) >= 11 is 0. The van der Waals surface area contributed by atoms with Crippen molar-refractivity contribution in [2.75, 3.05) is 0 Å². The lowest BCUT2D eigenvalue weighted by Crippen LogP contribution is -2.41. The molecule has 1 aliphatic rings. The number of rotatable bonds is 1. The summed E-state index contributed by atoms with van der Waals surface area (Å²) < 4.78 is 31.2. The summed E-state index contributed by atoms with van der Waals surface area (Å²) in [7, 11) is -0.562. The zero-order valence-electron chi connectivity index (χ0n) is 12.4. The number of hydrogen-bond donors (Lipinski definition) is 0. The third-order valence-electron chi connectivity index (χ3n) is 4.37. The van der Waals surface area contributed by atoms with Gasteiger partial charge in [0.2, 0.25) is 0 Å². The maximum absolute atomic E-state index is 14.1. The Kier molecular flexibility index (Phi) is 2.79. The predicted octanol–water partition coefficient (Wildman–Crippen LogP) is 3.18. The molecule has 0 amide bonds. The van der Waals surface area contributed by atoms with Gasteiger partial charge in [0, 0.05) is 5.39 Å². The zero-order chi connectivity index (χ0) is 14.7. The Balaban J connectivity index is 2.06. The number of aryl methyl sites for hydroxylation is 1. The second-order valence-electron chi connectivity index (χ2n) is 6.39. The van der Waals surface area contributed by atoms with Gasteiger partial charge in [-0.1, -0.05) is 6.07 Å². The van der Waals surface area contributed by atoms with Gasteiger partial charge in [-0.25, -0.2) is 4.39 Å². The van der Waals surface area contributed by atoms with Gasteiger partial charge >= 0.3 is 7.12 Å². The second kappa shape index (κ2) is 4.09. The van der Waals surface area contributed by atoms with Crippen molar-refractivity contribution in [2.24, 2.45) is 0 Å². The molecule has 0 atom stereocenters. The van der Waals surface area contributed by atoms with E-state index in [1.54, 1.807) is 6.26 Å². The Morgan fingerprint density at radius 1 is 1.05 bits per heavy atom. The number of fused-ring (bicyclic) bond motifs is 1. The number of benzene rings is 1. The fourth-order valence-electron chi connectivity index (χ4n) is 2.35. The summed E-state index contributed by atoms with van der Waals surface area (Å²) in [6.07, 6.45) is 1.56. The third kappa shape index (κ3) is 1.88. The van der Waals surface area contributed by atoms with Crippen molar-refractivity contribution in [2.45, 2.75) is 45.8 Å². The van der Waals surface area contributed by atoms with Gasteiger partial charge in [-0.2, -0.15) is 0 Å². The van der Waals surface area contributed by atoms with Crippen molar-refractivity contribution in [1.29, 1.82) is 0 Å². The van der Waals surface area contributed by atoms with Crippen LogP contribution in [0, 0.1) is 12.7 Å². The van der Waals surface area contributed by atoms with Crippen LogP contribution in [0.5, 0.6) is 0 Å². The molecule has 106 valence electrons. The van der Waals surface area contributed by atoms with Crippen LogP contribution in [0.3, 0.4) is 0 Å². The Bertz CT molecular complexity index is 659. The average Bonchev–Trinajstić information content (AvgIpc) is 2.79. The van der Waals surface area contributed by atoms with E-state index in [4.69, 9.17) is 13.7 Å². The molecular formula is C15H18BFO3. The van der Waals surface area contributed by atoms with E-state index in [-0.39, 0.29) is 11.4 Å². The number of furan rings is 1. The highest BCUT2D eigenvalue weighted by atomic mass is 19.1. The van der Waals surface area contributed by atoms with Crippen LogP contribution < -0.4 is 5.46 Å². The van der Waals surface area contributed by atoms with Gasteiger partial charge in [0.1, 0.15) is 0 Å². The fourth-order valence-corrected chi connectivity index (χ4v) is 2.35. The van der Waals surface area contributed by atoms with Crippen LogP contribution >= 0.6 is 0 Å². The van der Waals surface area contributed by atoms with E-state index in [9.17, 15) is 4.39 Å². The lowest BCUT2D eigenvalue weighted by Gasteiger charge is -2.32. The topological polar surface area (TPSA) is 31.6 Å². The van der Waals surface area contributed by atoms with Crippen molar-refractivity contribution >= 4 is 23.6 Å². The van der Waals surface area contributed by atoms with Crippen LogP contribution in [0.4, 0.5) is 4.39 Å². The first kappa shape index (κ1) is 13.6. The van der Waals surface area contributed by atoms with E-state index in [2.05, 4.69) is 0 Å². The predicted molar refractivity (Wildman–Crippen MR) is 76.6 cm³/mol. The van der Waals surface area contributed by atoms with Crippen molar-refractivity contribution < 1.29 is 18.1 Å². The zero-order valence-corrected chi connectivity index (χ0v) is 12.4. The largest absolute Gasteiger partial charge is 0.494 e. The fraction of sp³-hybridized carbons (Fsp3) is 0.467. The second-order valence-corrected chi connectivity index (χ2v) is 6.39. The molecule has 1 saturated heterocycles. The van der Waals surface area contributed by atoms with Gasteiger partial charge in [0.25, 0.3) is 0 Å². The Morgan fingerprint density at radius 3 is 2.25 bits per heavy atom. The molecule has 2 aromatic rings. The first-order valence-corrected chi connectivity index (χ1v) is 6.74. The average molecular weight is 276 g/mol. The number of halogens is 1. The monoisotopic (exact) mass is 276 g/mol. The van der Waals surface area contributed by atoms with Gasteiger partial charge < -0.3 is 13.7 Å². The number of hydrogen-bond acceptors (Lipinski definition) is 3. The molecule has 1 aliphatic heterocycles. The van der Waals surface area contributed by atoms with Gasteiger partial charge in [0.15, 0.2) is 11.4 Å². The molecule has 0 N–H and O–H groups in total. The summed E-state index contributed by atoms with van der Waals surface area (Å²) in [5.74, 6) is -0.389. The van der Waals surface area contributed by atoms with Crippen LogP contribution in [0.1, 0.15) is 33.3 Å². The first-order chi connectivity index (χ1) is 9.21. The van der Waals surface area contributed by atoms with Crippen LogP contribution in [0.2, 0.25) is 0 Å². The van der Waals surface area contributed by atoms with E-state index in [0.717, 1.165) is 10.9 Å². The molecule has 1 aromatic heterocycles. The highest BCUT2D eigenvalue weighted by Gasteiger charge is 2.51. The Labute approximate surface area is 118 Å². The molecule has 0 unspecified atom stereocenters.